The third kappa shape index (κ3) is 6.00. The second-order valence-electron chi connectivity index (χ2n) is 12.2. The first-order valence-corrected chi connectivity index (χ1v) is 17.2. The molecule has 0 unspecified atom stereocenters. The van der Waals surface area contributed by atoms with Gasteiger partial charge in [0.2, 0.25) is 0 Å². The van der Waals surface area contributed by atoms with Crippen LogP contribution in [-0.4, -0.2) is 49.7 Å². The third-order valence-electron chi connectivity index (χ3n) is 9.51. The van der Waals surface area contributed by atoms with E-state index in [4.69, 9.17) is 25.8 Å². The van der Waals surface area contributed by atoms with E-state index in [-0.39, 0.29) is 32.1 Å². The zero-order valence-electron chi connectivity index (χ0n) is 28.2. The highest BCUT2D eigenvalue weighted by Gasteiger charge is 2.69. The van der Waals surface area contributed by atoms with E-state index in [1.165, 1.54) is 0 Å². The number of nitrogens with zero attached hydrogens (tertiary/aromatic N) is 2. The summed E-state index contributed by atoms with van der Waals surface area (Å²) in [5.41, 5.74) is 1.28. The second kappa shape index (κ2) is 14.8. The minimum Gasteiger partial charge on any atom is -0.466 e. The summed E-state index contributed by atoms with van der Waals surface area (Å²) in [5, 5.41) is 0.458. The second-order valence-corrected chi connectivity index (χ2v) is 12.6. The number of hydrogen-bond donors (Lipinski definition) is 0. The maximum atomic E-state index is 14.9. The van der Waals surface area contributed by atoms with Crippen molar-refractivity contribution in [3.63, 3.8) is 0 Å². The van der Waals surface area contributed by atoms with Crippen LogP contribution in [0.2, 0.25) is 5.02 Å². The molecule has 4 aromatic carbocycles. The van der Waals surface area contributed by atoms with Gasteiger partial charge in [0.05, 0.1) is 42.8 Å². The summed E-state index contributed by atoms with van der Waals surface area (Å²) in [6.07, 6.45) is 0.0555. The molecule has 0 spiro atoms. The van der Waals surface area contributed by atoms with Gasteiger partial charge in [-0.1, -0.05) is 84.4 Å². The summed E-state index contributed by atoms with van der Waals surface area (Å²) < 4.78 is 17.1. The van der Waals surface area contributed by atoms with E-state index < -0.39 is 47.4 Å². The van der Waals surface area contributed by atoms with Crippen molar-refractivity contribution in [3.8, 4) is 0 Å². The summed E-state index contributed by atoms with van der Waals surface area (Å²) in [5.74, 6) is -4.97. The first-order chi connectivity index (χ1) is 24.3. The Morgan fingerprint density at radius 2 is 1.28 bits per heavy atom. The van der Waals surface area contributed by atoms with E-state index in [9.17, 15) is 19.2 Å². The molecule has 0 aliphatic carbocycles. The van der Waals surface area contributed by atoms with Gasteiger partial charge >= 0.3 is 17.9 Å². The molecule has 5 atom stereocenters. The summed E-state index contributed by atoms with van der Waals surface area (Å²) in [4.78, 5) is 61.5. The molecular formula is C40H39ClN2O7. The predicted molar refractivity (Wildman–Crippen MR) is 190 cm³/mol. The van der Waals surface area contributed by atoms with E-state index in [0.717, 1.165) is 0 Å². The van der Waals surface area contributed by atoms with Crippen LogP contribution in [0.4, 0.5) is 11.4 Å². The van der Waals surface area contributed by atoms with Crippen LogP contribution in [0.1, 0.15) is 54.7 Å². The Morgan fingerprint density at radius 3 is 1.92 bits per heavy atom. The Labute approximate surface area is 296 Å². The molecule has 9 nitrogen and oxygen atoms in total. The first kappa shape index (κ1) is 34.7. The number of amides is 1. The van der Waals surface area contributed by atoms with Crippen LogP contribution in [0.25, 0.3) is 0 Å². The van der Waals surface area contributed by atoms with E-state index in [0.29, 0.717) is 33.1 Å². The van der Waals surface area contributed by atoms with Crippen molar-refractivity contribution in [3.05, 3.63) is 131 Å². The highest BCUT2D eigenvalue weighted by atomic mass is 35.5. The van der Waals surface area contributed by atoms with E-state index in [1.807, 2.05) is 65.6 Å². The van der Waals surface area contributed by atoms with Crippen LogP contribution in [-0.2, 0) is 34.1 Å². The van der Waals surface area contributed by atoms with Crippen molar-refractivity contribution in [2.45, 2.75) is 44.8 Å². The molecule has 10 heteroatoms. The van der Waals surface area contributed by atoms with Crippen LogP contribution in [0.15, 0.2) is 109 Å². The SMILES string of the molecule is CCOC(=O)[C@@H]1[C@H](C(=O)OCC)N2c3ccccc3N(C(=O)c3ccccc3)[C@H](c3cccc(Cl)c3)C[C@@]2(c2ccccc2)[C@H]1C(=O)OCC. The number of anilines is 2. The fourth-order valence-electron chi connectivity index (χ4n) is 7.73. The van der Waals surface area contributed by atoms with Gasteiger partial charge in [-0.05, 0) is 68.3 Å². The van der Waals surface area contributed by atoms with Gasteiger partial charge in [-0.3, -0.25) is 19.3 Å². The summed E-state index contributed by atoms with van der Waals surface area (Å²) in [6, 6.07) is 30.6. The lowest BCUT2D eigenvalue weighted by Gasteiger charge is -2.44. The van der Waals surface area contributed by atoms with Crippen molar-refractivity contribution in [2.24, 2.45) is 11.8 Å². The molecule has 0 bridgehead atoms. The van der Waals surface area contributed by atoms with Crippen molar-refractivity contribution >= 4 is 46.8 Å². The fraction of sp³-hybridized carbons (Fsp3) is 0.300. The van der Waals surface area contributed by atoms with Gasteiger partial charge in [0.1, 0.15) is 17.9 Å². The zero-order valence-corrected chi connectivity index (χ0v) is 28.9. The van der Waals surface area contributed by atoms with Gasteiger partial charge in [0.25, 0.3) is 5.91 Å². The smallest absolute Gasteiger partial charge is 0.329 e. The molecule has 4 aromatic rings. The topological polar surface area (TPSA) is 102 Å². The molecule has 6 rings (SSSR count). The minimum atomic E-state index is -1.45. The average molecular weight is 695 g/mol. The molecule has 258 valence electrons. The quantitative estimate of drug-likeness (QED) is 0.135. The lowest BCUT2D eigenvalue weighted by molar-refractivity contribution is -0.163. The Balaban J connectivity index is 1.77. The van der Waals surface area contributed by atoms with Gasteiger partial charge in [0.15, 0.2) is 0 Å². The summed E-state index contributed by atoms with van der Waals surface area (Å²) >= 11 is 6.62. The molecule has 0 aromatic heterocycles. The molecule has 1 amide bonds. The normalized spacial score (nSPS) is 22.5. The van der Waals surface area contributed by atoms with Gasteiger partial charge in [0, 0.05) is 17.0 Å². The van der Waals surface area contributed by atoms with E-state index >= 15 is 0 Å². The number of esters is 3. The Bertz CT molecular complexity index is 1870. The number of rotatable bonds is 9. The molecule has 2 aliphatic heterocycles. The van der Waals surface area contributed by atoms with Crippen LogP contribution in [0.3, 0.4) is 0 Å². The molecule has 50 heavy (non-hydrogen) atoms. The van der Waals surface area contributed by atoms with E-state index in [1.54, 1.807) is 74.2 Å². The Hall–Kier alpha value is -5.15. The molecule has 0 radical (unpaired) electrons. The van der Waals surface area contributed by atoms with Crippen LogP contribution in [0.5, 0.6) is 0 Å². The molecular weight excluding hydrogens is 656 g/mol. The monoisotopic (exact) mass is 694 g/mol. The number of fused-ring (bicyclic) bond motifs is 3. The zero-order chi connectivity index (χ0) is 35.4. The average Bonchev–Trinajstić information content (AvgIpc) is 3.37. The standard InChI is InChI=1S/C40H39ClN2O7/c1-4-48-37(45)33-34(38(46)49-5-2)40(28-19-11-8-12-20-28)25-32(27-18-15-21-29(41)24-27)42(36(44)26-16-9-7-10-17-26)30-22-13-14-23-31(30)43(40)35(33)39(47)50-6-3/h7-24,32-35H,4-6,25H2,1-3H3/t32-,33-,34+,35+,40+/m0/s1. The molecule has 0 saturated carbocycles. The fourth-order valence-corrected chi connectivity index (χ4v) is 7.92. The van der Waals surface area contributed by atoms with Gasteiger partial charge in [-0.15, -0.1) is 0 Å². The van der Waals surface area contributed by atoms with Crippen LogP contribution >= 0.6 is 11.6 Å². The Morgan fingerprint density at radius 1 is 0.700 bits per heavy atom. The molecule has 2 aliphatic rings. The highest BCUT2D eigenvalue weighted by molar-refractivity contribution is 6.30. The number of benzene rings is 4. The lowest BCUT2D eigenvalue weighted by atomic mass is 9.70. The number of carbonyl (C=O) groups excluding carboxylic acids is 4. The maximum absolute atomic E-state index is 14.9. The predicted octanol–water partition coefficient (Wildman–Crippen LogP) is 7.14. The number of para-hydroxylation sites is 2. The number of halogens is 1. The molecule has 1 fully saturated rings. The molecule has 0 N–H and O–H groups in total. The van der Waals surface area contributed by atoms with Crippen LogP contribution < -0.4 is 9.80 Å². The number of carbonyl (C=O) groups is 4. The summed E-state index contributed by atoms with van der Waals surface area (Å²) in [7, 11) is 0. The molecule has 2 heterocycles. The van der Waals surface area contributed by atoms with Crippen molar-refractivity contribution in [1.29, 1.82) is 0 Å². The first-order valence-electron chi connectivity index (χ1n) is 16.9. The van der Waals surface area contributed by atoms with Crippen molar-refractivity contribution in [2.75, 3.05) is 29.6 Å². The number of hydrogen-bond acceptors (Lipinski definition) is 8. The minimum absolute atomic E-state index is 0.0276. The third-order valence-corrected chi connectivity index (χ3v) is 9.75. The molecule has 1 saturated heterocycles. The van der Waals surface area contributed by atoms with Crippen molar-refractivity contribution in [1.82, 2.24) is 0 Å². The Kier molecular flexibility index (Phi) is 10.2. The lowest BCUT2D eigenvalue weighted by Crippen LogP contribution is -2.52. The number of ether oxygens (including phenoxy) is 3. The van der Waals surface area contributed by atoms with Crippen molar-refractivity contribution < 1.29 is 33.4 Å². The maximum Gasteiger partial charge on any atom is 0.329 e. The van der Waals surface area contributed by atoms with Gasteiger partial charge < -0.3 is 19.1 Å². The van der Waals surface area contributed by atoms with Gasteiger partial charge in [-0.25, -0.2) is 4.79 Å². The summed E-state index contributed by atoms with van der Waals surface area (Å²) in [6.45, 7) is 5.15. The highest BCUT2D eigenvalue weighted by Crippen LogP contribution is 2.61. The van der Waals surface area contributed by atoms with Crippen LogP contribution in [0, 0.1) is 11.8 Å². The van der Waals surface area contributed by atoms with Gasteiger partial charge in [-0.2, -0.15) is 0 Å². The van der Waals surface area contributed by atoms with E-state index in [2.05, 4.69) is 0 Å². The largest absolute Gasteiger partial charge is 0.466 e.